The van der Waals surface area contributed by atoms with E-state index in [0.717, 1.165) is 31.3 Å². The van der Waals surface area contributed by atoms with E-state index in [2.05, 4.69) is 13.0 Å². The minimum atomic E-state index is -4.51. The average Bonchev–Trinajstić information content (AvgIpc) is 2.88. The summed E-state index contributed by atoms with van der Waals surface area (Å²) in [6, 6.07) is 0. The molecule has 0 aromatic heterocycles. The maximum absolute atomic E-state index is 12.5. The standard InChI is InChI=1S/C19H28O6S.K/c1-18-8-7-16-14(15(18)4-5-17(18)21)3-2-12-10-13(20)6-9-19(12,16)11-25-26(22,23)24;/h2,13-16,20H,3-11H2,1H3,(H,22,23,24);. The monoisotopic (exact) mass is 423 g/mol. The van der Waals surface area contributed by atoms with Gasteiger partial charge in [0.25, 0.3) is 0 Å². The van der Waals surface area contributed by atoms with Gasteiger partial charge in [-0.2, -0.15) is 8.42 Å². The van der Waals surface area contributed by atoms with E-state index in [1.54, 1.807) is 0 Å². The number of hydrogen-bond donors (Lipinski definition) is 2. The van der Waals surface area contributed by atoms with Crippen molar-refractivity contribution >= 4 is 67.6 Å². The number of Topliss-reactive ketones (excluding diaryl/α,β-unsaturated/α-hetero) is 1. The molecule has 6 nitrogen and oxygen atoms in total. The number of aliphatic hydroxyl groups excluding tert-OH is 1. The Labute approximate surface area is 203 Å². The Hall–Kier alpha value is 0.876. The van der Waals surface area contributed by atoms with Crippen LogP contribution >= 0.6 is 0 Å². The molecule has 0 amide bonds. The van der Waals surface area contributed by atoms with Gasteiger partial charge < -0.3 is 5.11 Å². The third-order valence-electron chi connectivity index (χ3n) is 7.98. The molecule has 0 aromatic rings. The molecule has 0 aromatic carbocycles. The van der Waals surface area contributed by atoms with Gasteiger partial charge in [0.05, 0.1) is 12.7 Å². The number of hydrogen-bond acceptors (Lipinski definition) is 5. The summed E-state index contributed by atoms with van der Waals surface area (Å²) in [7, 11) is -4.51. The molecule has 0 spiro atoms. The fourth-order valence-electron chi connectivity index (χ4n) is 6.66. The zero-order valence-electron chi connectivity index (χ0n) is 16.2. The Balaban J connectivity index is 0.00000210. The molecule has 147 valence electrons. The first-order valence-electron chi connectivity index (χ1n) is 9.68. The number of ketones is 1. The molecule has 6 unspecified atom stereocenters. The van der Waals surface area contributed by atoms with Crippen molar-refractivity contribution in [3.8, 4) is 0 Å². The van der Waals surface area contributed by atoms with Crippen molar-refractivity contribution in [2.24, 2.45) is 28.6 Å². The van der Waals surface area contributed by atoms with E-state index in [0.29, 0.717) is 43.3 Å². The van der Waals surface area contributed by atoms with E-state index in [-0.39, 0.29) is 69.3 Å². The molecule has 4 rings (SSSR count). The molecule has 1 radical (unpaired) electrons. The predicted octanol–water partition coefficient (Wildman–Crippen LogP) is 2.30. The van der Waals surface area contributed by atoms with Gasteiger partial charge in [0, 0.05) is 68.6 Å². The second kappa shape index (κ2) is 7.85. The Morgan fingerprint density at radius 3 is 2.67 bits per heavy atom. The van der Waals surface area contributed by atoms with Gasteiger partial charge in [0.2, 0.25) is 0 Å². The molecule has 2 N–H and O–H groups in total. The Kier molecular flexibility index (Phi) is 6.56. The molecule has 6 atom stereocenters. The van der Waals surface area contributed by atoms with Crippen LogP contribution in [0.1, 0.15) is 58.3 Å². The third-order valence-corrected chi connectivity index (χ3v) is 8.39. The van der Waals surface area contributed by atoms with Crippen LogP contribution in [0.2, 0.25) is 0 Å². The van der Waals surface area contributed by atoms with E-state index in [1.807, 2.05) is 0 Å². The van der Waals surface area contributed by atoms with E-state index in [9.17, 15) is 18.3 Å². The molecule has 27 heavy (non-hydrogen) atoms. The molecular formula is C19H28KO6S. The van der Waals surface area contributed by atoms with Gasteiger partial charge in [-0.1, -0.05) is 18.6 Å². The van der Waals surface area contributed by atoms with Crippen molar-refractivity contribution in [1.29, 1.82) is 0 Å². The van der Waals surface area contributed by atoms with Gasteiger partial charge in [0.1, 0.15) is 5.78 Å². The van der Waals surface area contributed by atoms with Gasteiger partial charge in [-0.15, -0.1) is 0 Å². The van der Waals surface area contributed by atoms with E-state index in [4.69, 9.17) is 8.74 Å². The van der Waals surface area contributed by atoms with Gasteiger partial charge in [-0.05, 0) is 62.7 Å². The molecule has 0 heterocycles. The maximum Gasteiger partial charge on any atom is 0.397 e. The first kappa shape index (κ1) is 22.6. The SMILES string of the molecule is CC12CCC3C(CC=C4CC(O)CCC43COS(=O)(=O)O)C1CCC2=O.[K]. The summed E-state index contributed by atoms with van der Waals surface area (Å²) in [5.74, 6) is 1.28. The Bertz CT molecular complexity index is 749. The molecule has 0 bridgehead atoms. The Morgan fingerprint density at radius 1 is 1.22 bits per heavy atom. The number of carbonyl (C=O) groups is 1. The molecular weight excluding hydrogens is 395 g/mol. The first-order chi connectivity index (χ1) is 12.2. The van der Waals surface area contributed by atoms with Gasteiger partial charge in [-0.25, -0.2) is 4.18 Å². The first-order valence-corrected chi connectivity index (χ1v) is 11.0. The fraction of sp³-hybridized carbons (Fsp3) is 0.842. The minimum Gasteiger partial charge on any atom is -0.393 e. The van der Waals surface area contributed by atoms with Crippen molar-refractivity contribution in [3.05, 3.63) is 11.6 Å². The van der Waals surface area contributed by atoms with Crippen LogP contribution in [0.3, 0.4) is 0 Å². The summed E-state index contributed by atoms with van der Waals surface area (Å²) in [4.78, 5) is 12.5. The molecule has 4 aliphatic carbocycles. The number of rotatable bonds is 3. The van der Waals surface area contributed by atoms with Crippen LogP contribution in [0.15, 0.2) is 11.6 Å². The summed E-state index contributed by atoms with van der Waals surface area (Å²) >= 11 is 0. The van der Waals surface area contributed by atoms with Crippen molar-refractivity contribution in [2.75, 3.05) is 6.61 Å². The second-order valence-corrected chi connectivity index (χ2v) is 10.1. The van der Waals surface area contributed by atoms with Crippen molar-refractivity contribution < 1.29 is 27.1 Å². The summed E-state index contributed by atoms with van der Waals surface area (Å²) < 4.78 is 36.6. The van der Waals surface area contributed by atoms with E-state index < -0.39 is 21.9 Å². The van der Waals surface area contributed by atoms with E-state index >= 15 is 0 Å². The van der Waals surface area contributed by atoms with Crippen molar-refractivity contribution in [1.82, 2.24) is 0 Å². The molecule has 0 aliphatic heterocycles. The summed E-state index contributed by atoms with van der Waals surface area (Å²) in [5, 5.41) is 10.1. The zero-order chi connectivity index (χ0) is 18.7. The number of fused-ring (bicyclic) bond motifs is 5. The normalized spacial score (nSPS) is 43.8. The van der Waals surface area contributed by atoms with E-state index in [1.165, 1.54) is 0 Å². The van der Waals surface area contributed by atoms with Crippen LogP contribution in [0.5, 0.6) is 0 Å². The molecule has 0 saturated heterocycles. The van der Waals surface area contributed by atoms with Gasteiger partial charge in [0.15, 0.2) is 0 Å². The largest absolute Gasteiger partial charge is 0.397 e. The average molecular weight is 424 g/mol. The van der Waals surface area contributed by atoms with Gasteiger partial charge in [-0.3, -0.25) is 9.35 Å². The van der Waals surface area contributed by atoms with Crippen LogP contribution in [0, 0.1) is 28.6 Å². The fourth-order valence-corrected chi connectivity index (χ4v) is 7.02. The van der Waals surface area contributed by atoms with Gasteiger partial charge >= 0.3 is 10.4 Å². The molecule has 3 fully saturated rings. The second-order valence-electron chi connectivity index (χ2n) is 9.00. The molecule has 8 heteroatoms. The quantitative estimate of drug-likeness (QED) is 0.410. The topological polar surface area (TPSA) is 101 Å². The summed E-state index contributed by atoms with van der Waals surface area (Å²) in [6.45, 7) is 2.04. The number of allylic oxidation sites excluding steroid dienone is 1. The maximum atomic E-state index is 12.5. The zero-order valence-corrected chi connectivity index (χ0v) is 20.1. The summed E-state index contributed by atoms with van der Waals surface area (Å²) in [5.41, 5.74) is 0.380. The number of aliphatic hydroxyl groups is 1. The number of carbonyl (C=O) groups excluding carboxylic acids is 1. The van der Waals surface area contributed by atoms with Crippen LogP contribution in [0.4, 0.5) is 0 Å². The Morgan fingerprint density at radius 2 is 1.96 bits per heavy atom. The van der Waals surface area contributed by atoms with Crippen LogP contribution < -0.4 is 0 Å². The van der Waals surface area contributed by atoms with Crippen LogP contribution in [0.25, 0.3) is 0 Å². The predicted molar refractivity (Wildman–Crippen MR) is 100 cm³/mol. The third kappa shape index (κ3) is 3.83. The van der Waals surface area contributed by atoms with Crippen LogP contribution in [-0.2, 0) is 19.4 Å². The van der Waals surface area contributed by atoms with Crippen molar-refractivity contribution in [3.63, 3.8) is 0 Å². The molecule has 3 saturated carbocycles. The van der Waals surface area contributed by atoms with Crippen LogP contribution in [-0.4, -0.2) is 88.0 Å². The molecule has 4 aliphatic rings. The van der Waals surface area contributed by atoms with Crippen molar-refractivity contribution in [2.45, 2.75) is 64.4 Å². The summed E-state index contributed by atoms with van der Waals surface area (Å²) in [6.07, 6.45) is 7.71. The smallest absolute Gasteiger partial charge is 0.393 e. The minimum absolute atomic E-state index is 0.